The van der Waals surface area contributed by atoms with Crippen molar-refractivity contribution in [1.82, 2.24) is 5.32 Å². The Morgan fingerprint density at radius 1 is 1.47 bits per heavy atom. The maximum atomic E-state index is 10.7. The summed E-state index contributed by atoms with van der Waals surface area (Å²) in [6, 6.07) is -0.0394. The Balaban J connectivity index is 2.50. The minimum atomic E-state index is -0.382. The van der Waals surface area contributed by atoms with Gasteiger partial charge in [-0.1, -0.05) is 12.2 Å². The van der Waals surface area contributed by atoms with E-state index in [4.69, 9.17) is 15.2 Å². The summed E-state index contributed by atoms with van der Waals surface area (Å²) in [4.78, 5) is 10.7. The smallest absolute Gasteiger partial charge is 0.231 e. The predicted molar refractivity (Wildman–Crippen MR) is 56.3 cm³/mol. The minimum absolute atomic E-state index is 0.0394. The molecule has 0 saturated carbocycles. The van der Waals surface area contributed by atoms with Crippen LogP contribution in [-0.2, 0) is 14.3 Å². The number of primary amides is 1. The number of amides is 1. The quantitative estimate of drug-likeness (QED) is 0.580. The molecule has 5 nitrogen and oxygen atoms in total. The summed E-state index contributed by atoms with van der Waals surface area (Å²) in [7, 11) is 1.63. The first-order valence-corrected chi connectivity index (χ1v) is 5.03. The van der Waals surface area contributed by atoms with Crippen LogP contribution in [0.3, 0.4) is 0 Å². The van der Waals surface area contributed by atoms with Crippen LogP contribution in [0.4, 0.5) is 0 Å². The molecular weight excluding hydrogens is 196 g/mol. The van der Waals surface area contributed by atoms with E-state index in [1.165, 1.54) is 0 Å². The van der Waals surface area contributed by atoms with Crippen molar-refractivity contribution in [3.63, 3.8) is 0 Å². The lowest BCUT2D eigenvalue weighted by Crippen LogP contribution is -2.48. The monoisotopic (exact) mass is 214 g/mol. The highest BCUT2D eigenvalue weighted by Crippen LogP contribution is 2.17. The molecule has 0 aromatic carbocycles. The van der Waals surface area contributed by atoms with E-state index in [1.54, 1.807) is 7.11 Å². The topological polar surface area (TPSA) is 73.6 Å². The van der Waals surface area contributed by atoms with Crippen LogP contribution in [0.5, 0.6) is 0 Å². The number of methoxy groups -OCH3 is 1. The molecular formula is C10H18N2O3. The van der Waals surface area contributed by atoms with Gasteiger partial charge in [0.2, 0.25) is 5.91 Å². The lowest BCUT2D eigenvalue weighted by atomic mass is 10.1. The second kappa shape index (κ2) is 5.85. The largest absolute Gasteiger partial charge is 0.376 e. The number of nitrogens with one attached hydrogen (secondary N) is 1. The zero-order valence-electron chi connectivity index (χ0n) is 9.10. The van der Waals surface area contributed by atoms with E-state index >= 15 is 0 Å². The summed E-state index contributed by atoms with van der Waals surface area (Å²) in [5, 5.41) is 3.03. The van der Waals surface area contributed by atoms with Crippen LogP contribution in [0.2, 0.25) is 0 Å². The van der Waals surface area contributed by atoms with Gasteiger partial charge in [-0.3, -0.25) is 4.79 Å². The van der Waals surface area contributed by atoms with Crippen LogP contribution >= 0.6 is 0 Å². The van der Waals surface area contributed by atoms with Crippen molar-refractivity contribution in [3.05, 3.63) is 12.2 Å². The van der Waals surface area contributed by atoms with Crippen LogP contribution < -0.4 is 11.1 Å². The highest BCUT2D eigenvalue weighted by atomic mass is 16.5. The Bertz CT molecular complexity index is 243. The maximum absolute atomic E-state index is 10.7. The van der Waals surface area contributed by atoms with Gasteiger partial charge in [0.15, 0.2) is 0 Å². The lowest BCUT2D eigenvalue weighted by molar-refractivity contribution is -0.117. The Labute approximate surface area is 89.6 Å². The van der Waals surface area contributed by atoms with E-state index in [0.717, 1.165) is 0 Å². The summed E-state index contributed by atoms with van der Waals surface area (Å²) < 4.78 is 10.7. The van der Waals surface area contributed by atoms with Crippen molar-refractivity contribution in [2.45, 2.75) is 25.2 Å². The third-order valence-corrected chi connectivity index (χ3v) is 2.34. The standard InChI is InChI=1S/C10H18N2O3/c1-3-15-8-5-4-7(14-2)10(8)12-6-9(11)13/h4-5,7-8,10,12H,3,6H2,1-2H3,(H2,11,13)/t7-,8-,10-/m0/s1. The number of ether oxygens (including phenoxy) is 2. The van der Waals surface area contributed by atoms with Gasteiger partial charge in [-0.05, 0) is 6.92 Å². The second-order valence-corrected chi connectivity index (χ2v) is 3.38. The normalized spacial score (nSPS) is 29.6. The highest BCUT2D eigenvalue weighted by Gasteiger charge is 2.31. The fraction of sp³-hybridized carbons (Fsp3) is 0.700. The van der Waals surface area contributed by atoms with E-state index in [9.17, 15) is 4.79 Å². The number of rotatable bonds is 6. The first kappa shape index (κ1) is 12.2. The first-order chi connectivity index (χ1) is 7.19. The molecule has 1 rings (SSSR count). The van der Waals surface area contributed by atoms with E-state index in [1.807, 2.05) is 19.1 Å². The molecule has 0 radical (unpaired) electrons. The molecule has 0 spiro atoms. The van der Waals surface area contributed by atoms with Crippen LogP contribution in [0.15, 0.2) is 12.2 Å². The Kier molecular flexibility index (Phi) is 4.74. The molecule has 1 aliphatic carbocycles. The maximum Gasteiger partial charge on any atom is 0.231 e. The SMILES string of the molecule is CCO[C@H]1C=C[C@H](OC)[C@@H]1NCC(N)=O. The zero-order valence-corrected chi connectivity index (χ0v) is 9.10. The van der Waals surface area contributed by atoms with Crippen molar-refractivity contribution in [1.29, 1.82) is 0 Å². The van der Waals surface area contributed by atoms with Gasteiger partial charge in [0.1, 0.15) is 0 Å². The summed E-state index contributed by atoms with van der Waals surface area (Å²) in [6.07, 6.45) is 3.75. The Hall–Kier alpha value is -0.910. The molecule has 3 N–H and O–H groups in total. The number of hydrogen-bond donors (Lipinski definition) is 2. The van der Waals surface area contributed by atoms with Crippen molar-refractivity contribution in [2.24, 2.45) is 5.73 Å². The summed E-state index contributed by atoms with van der Waals surface area (Å²) in [5.74, 6) is -0.382. The summed E-state index contributed by atoms with van der Waals surface area (Å²) in [6.45, 7) is 2.69. The molecule has 0 aromatic rings. The van der Waals surface area contributed by atoms with Crippen LogP contribution in [0, 0.1) is 0 Å². The number of nitrogens with two attached hydrogens (primary N) is 1. The van der Waals surface area contributed by atoms with Crippen molar-refractivity contribution in [3.8, 4) is 0 Å². The fourth-order valence-corrected chi connectivity index (χ4v) is 1.67. The molecule has 0 aliphatic heterocycles. The third kappa shape index (κ3) is 3.30. The summed E-state index contributed by atoms with van der Waals surface area (Å²) in [5.41, 5.74) is 5.07. The molecule has 86 valence electrons. The number of carbonyl (C=O) groups excluding carboxylic acids is 1. The fourth-order valence-electron chi connectivity index (χ4n) is 1.67. The third-order valence-electron chi connectivity index (χ3n) is 2.34. The van der Waals surface area contributed by atoms with Gasteiger partial charge in [-0.2, -0.15) is 0 Å². The van der Waals surface area contributed by atoms with Crippen molar-refractivity contribution < 1.29 is 14.3 Å². The molecule has 0 heterocycles. The Morgan fingerprint density at radius 2 is 2.13 bits per heavy atom. The molecule has 0 fully saturated rings. The van der Waals surface area contributed by atoms with Gasteiger partial charge in [0, 0.05) is 13.7 Å². The molecule has 0 saturated heterocycles. The van der Waals surface area contributed by atoms with Crippen LogP contribution in [0.25, 0.3) is 0 Å². The van der Waals surface area contributed by atoms with Crippen molar-refractivity contribution in [2.75, 3.05) is 20.3 Å². The van der Waals surface area contributed by atoms with E-state index in [-0.39, 0.29) is 30.7 Å². The lowest BCUT2D eigenvalue weighted by Gasteiger charge is -2.24. The molecule has 0 aromatic heterocycles. The number of hydrogen-bond acceptors (Lipinski definition) is 4. The average molecular weight is 214 g/mol. The molecule has 0 unspecified atom stereocenters. The highest BCUT2D eigenvalue weighted by molar-refractivity contribution is 5.75. The van der Waals surface area contributed by atoms with Crippen LogP contribution in [0.1, 0.15) is 6.92 Å². The van der Waals surface area contributed by atoms with Gasteiger partial charge in [0.25, 0.3) is 0 Å². The Morgan fingerprint density at radius 3 is 2.67 bits per heavy atom. The van der Waals surface area contributed by atoms with Crippen molar-refractivity contribution >= 4 is 5.91 Å². The predicted octanol–water partition coefficient (Wildman–Crippen LogP) is -0.580. The first-order valence-electron chi connectivity index (χ1n) is 5.03. The average Bonchev–Trinajstić information content (AvgIpc) is 2.58. The second-order valence-electron chi connectivity index (χ2n) is 3.38. The molecule has 0 bridgehead atoms. The molecule has 3 atom stereocenters. The van der Waals surface area contributed by atoms with Gasteiger partial charge in [-0.25, -0.2) is 0 Å². The molecule has 15 heavy (non-hydrogen) atoms. The van der Waals surface area contributed by atoms with E-state index in [2.05, 4.69) is 5.32 Å². The molecule has 1 aliphatic rings. The van der Waals surface area contributed by atoms with Crippen LogP contribution in [-0.4, -0.2) is 44.4 Å². The molecule has 5 heteroatoms. The zero-order chi connectivity index (χ0) is 11.3. The van der Waals surface area contributed by atoms with Gasteiger partial charge in [-0.15, -0.1) is 0 Å². The molecule has 1 amide bonds. The van der Waals surface area contributed by atoms with E-state index < -0.39 is 0 Å². The summed E-state index contributed by atoms with van der Waals surface area (Å²) >= 11 is 0. The van der Waals surface area contributed by atoms with Gasteiger partial charge < -0.3 is 20.5 Å². The minimum Gasteiger partial charge on any atom is -0.376 e. The van der Waals surface area contributed by atoms with Gasteiger partial charge >= 0.3 is 0 Å². The van der Waals surface area contributed by atoms with E-state index in [0.29, 0.717) is 6.61 Å². The van der Waals surface area contributed by atoms with Gasteiger partial charge in [0.05, 0.1) is 24.8 Å². The number of carbonyl (C=O) groups is 1.